The summed E-state index contributed by atoms with van der Waals surface area (Å²) in [6.07, 6.45) is 4.52. The lowest BCUT2D eigenvalue weighted by Crippen LogP contribution is -2.37. The summed E-state index contributed by atoms with van der Waals surface area (Å²) in [4.78, 5) is 0. The zero-order chi connectivity index (χ0) is 9.94. The lowest BCUT2D eigenvalue weighted by atomic mass is 10.3. The number of aliphatic hydroxyl groups is 1. The molecule has 0 aliphatic rings. The molecular weight excluding hydrogens is 186 g/mol. The fraction of sp³-hybridized carbons (Fsp3) is 1.00. The molecule has 0 aliphatic heterocycles. The highest BCUT2D eigenvalue weighted by Crippen LogP contribution is 1.98. The average molecular weight is 207 g/mol. The van der Waals surface area contributed by atoms with Crippen molar-refractivity contribution in [1.29, 1.82) is 0 Å². The van der Waals surface area contributed by atoms with Gasteiger partial charge in [-0.05, 0) is 31.4 Å². The highest BCUT2D eigenvalue weighted by Gasteiger charge is 2.04. The molecule has 3 nitrogen and oxygen atoms in total. The van der Waals surface area contributed by atoms with Gasteiger partial charge in [0, 0.05) is 7.11 Å². The van der Waals surface area contributed by atoms with Crippen LogP contribution in [0.25, 0.3) is 0 Å². The van der Waals surface area contributed by atoms with Crippen LogP contribution in [0.1, 0.15) is 12.8 Å². The summed E-state index contributed by atoms with van der Waals surface area (Å²) in [7, 11) is 1.65. The Morgan fingerprint density at radius 1 is 1.46 bits per heavy atom. The van der Waals surface area contributed by atoms with Gasteiger partial charge in [0.15, 0.2) is 0 Å². The third-order valence-corrected chi connectivity index (χ3v) is 2.49. The van der Waals surface area contributed by atoms with Crippen LogP contribution in [0.4, 0.5) is 0 Å². The first-order valence-electron chi connectivity index (χ1n) is 4.67. The van der Waals surface area contributed by atoms with Gasteiger partial charge >= 0.3 is 0 Å². The molecule has 0 amide bonds. The highest BCUT2D eigenvalue weighted by atomic mass is 32.2. The summed E-state index contributed by atoms with van der Waals surface area (Å²) in [5.74, 6) is 1.22. The van der Waals surface area contributed by atoms with Gasteiger partial charge in [-0.1, -0.05) is 0 Å². The average Bonchev–Trinajstić information content (AvgIpc) is 2.16. The van der Waals surface area contributed by atoms with E-state index in [9.17, 15) is 0 Å². The van der Waals surface area contributed by atoms with E-state index < -0.39 is 0 Å². The second kappa shape index (κ2) is 10.3. The van der Waals surface area contributed by atoms with Gasteiger partial charge in [-0.2, -0.15) is 11.8 Å². The molecule has 2 N–H and O–H groups in total. The Kier molecular flexibility index (Phi) is 10.5. The molecule has 0 spiro atoms. The van der Waals surface area contributed by atoms with Gasteiger partial charge in [0.1, 0.15) is 0 Å². The van der Waals surface area contributed by atoms with Crippen LogP contribution < -0.4 is 5.32 Å². The predicted molar refractivity (Wildman–Crippen MR) is 58.4 cm³/mol. The summed E-state index contributed by atoms with van der Waals surface area (Å²) < 4.78 is 4.95. The van der Waals surface area contributed by atoms with Gasteiger partial charge in [0.2, 0.25) is 0 Å². The number of thioether (sulfide) groups is 1. The maximum Gasteiger partial charge on any atom is 0.0638 e. The van der Waals surface area contributed by atoms with Gasteiger partial charge in [-0.3, -0.25) is 0 Å². The lowest BCUT2D eigenvalue weighted by molar-refractivity contribution is 0.128. The first-order valence-corrected chi connectivity index (χ1v) is 6.06. The van der Waals surface area contributed by atoms with Crippen LogP contribution in [0.3, 0.4) is 0 Å². The van der Waals surface area contributed by atoms with Gasteiger partial charge in [0.25, 0.3) is 0 Å². The number of hydrogen-bond acceptors (Lipinski definition) is 4. The molecule has 0 aromatic heterocycles. The van der Waals surface area contributed by atoms with Crippen LogP contribution in [0.15, 0.2) is 0 Å². The van der Waals surface area contributed by atoms with E-state index >= 15 is 0 Å². The largest absolute Gasteiger partial charge is 0.395 e. The van der Waals surface area contributed by atoms with Crippen LogP contribution in [0.2, 0.25) is 0 Å². The molecule has 0 radical (unpaired) electrons. The van der Waals surface area contributed by atoms with Crippen molar-refractivity contribution in [2.24, 2.45) is 0 Å². The van der Waals surface area contributed by atoms with E-state index in [0.29, 0.717) is 6.61 Å². The molecule has 1 atom stereocenters. The molecule has 0 saturated carbocycles. The second-order valence-electron chi connectivity index (χ2n) is 2.99. The van der Waals surface area contributed by atoms with Crippen molar-refractivity contribution in [2.75, 3.05) is 38.9 Å². The van der Waals surface area contributed by atoms with Crippen molar-refractivity contribution in [1.82, 2.24) is 5.32 Å². The van der Waals surface area contributed by atoms with Crippen molar-refractivity contribution >= 4 is 11.8 Å². The Labute approximate surface area is 85.2 Å². The SMILES string of the molecule is COCC(CO)NCCCCSC. The lowest BCUT2D eigenvalue weighted by Gasteiger charge is -2.14. The van der Waals surface area contributed by atoms with E-state index in [2.05, 4.69) is 11.6 Å². The van der Waals surface area contributed by atoms with Crippen LogP contribution in [0.5, 0.6) is 0 Å². The van der Waals surface area contributed by atoms with E-state index in [1.807, 2.05) is 11.8 Å². The number of rotatable bonds is 9. The normalized spacial score (nSPS) is 13.2. The van der Waals surface area contributed by atoms with Crippen LogP contribution in [-0.2, 0) is 4.74 Å². The number of ether oxygens (including phenoxy) is 1. The first-order chi connectivity index (χ1) is 6.35. The second-order valence-corrected chi connectivity index (χ2v) is 3.97. The fourth-order valence-electron chi connectivity index (χ4n) is 1.05. The molecule has 0 saturated heterocycles. The maximum atomic E-state index is 8.91. The Morgan fingerprint density at radius 3 is 2.77 bits per heavy atom. The monoisotopic (exact) mass is 207 g/mol. The van der Waals surface area contributed by atoms with Crippen molar-refractivity contribution in [2.45, 2.75) is 18.9 Å². The minimum atomic E-state index is 0.0966. The quantitative estimate of drug-likeness (QED) is 0.547. The minimum Gasteiger partial charge on any atom is -0.395 e. The molecule has 13 heavy (non-hydrogen) atoms. The fourth-order valence-corrected chi connectivity index (χ4v) is 1.55. The summed E-state index contributed by atoms with van der Waals surface area (Å²) in [6, 6.07) is 0.0966. The molecule has 0 aromatic carbocycles. The van der Waals surface area contributed by atoms with Gasteiger partial charge < -0.3 is 15.2 Å². The zero-order valence-corrected chi connectivity index (χ0v) is 9.40. The molecule has 0 aliphatic carbocycles. The summed E-state index contributed by atoms with van der Waals surface area (Å²) >= 11 is 1.87. The van der Waals surface area contributed by atoms with E-state index in [1.165, 1.54) is 18.6 Å². The summed E-state index contributed by atoms with van der Waals surface area (Å²) in [5, 5.41) is 12.2. The third-order valence-electron chi connectivity index (χ3n) is 1.80. The Hall–Kier alpha value is 0.230. The number of aliphatic hydroxyl groups excluding tert-OH is 1. The summed E-state index contributed by atoms with van der Waals surface area (Å²) in [5.41, 5.74) is 0. The molecule has 0 rings (SSSR count). The zero-order valence-electron chi connectivity index (χ0n) is 8.58. The van der Waals surface area contributed by atoms with Crippen LogP contribution in [-0.4, -0.2) is 50.0 Å². The molecule has 0 heterocycles. The van der Waals surface area contributed by atoms with Gasteiger partial charge in [0.05, 0.1) is 19.3 Å². The molecule has 0 aromatic rings. The molecule has 80 valence electrons. The standard InChI is InChI=1S/C9H21NO2S/c1-12-8-9(7-11)10-5-3-4-6-13-2/h9-11H,3-8H2,1-2H3. The van der Waals surface area contributed by atoms with Crippen LogP contribution >= 0.6 is 11.8 Å². The van der Waals surface area contributed by atoms with Gasteiger partial charge in [-0.25, -0.2) is 0 Å². The number of unbranched alkanes of at least 4 members (excludes halogenated alkanes) is 1. The molecular formula is C9H21NO2S. The molecule has 0 fully saturated rings. The maximum absolute atomic E-state index is 8.91. The predicted octanol–water partition coefficient (Wildman–Crippen LogP) is 0.726. The Morgan fingerprint density at radius 2 is 2.23 bits per heavy atom. The van der Waals surface area contributed by atoms with E-state index in [-0.39, 0.29) is 12.6 Å². The van der Waals surface area contributed by atoms with Crippen LogP contribution in [0, 0.1) is 0 Å². The van der Waals surface area contributed by atoms with E-state index in [4.69, 9.17) is 9.84 Å². The summed E-state index contributed by atoms with van der Waals surface area (Å²) in [6.45, 7) is 1.70. The smallest absolute Gasteiger partial charge is 0.0638 e. The van der Waals surface area contributed by atoms with E-state index in [0.717, 1.165) is 6.54 Å². The minimum absolute atomic E-state index is 0.0966. The number of methoxy groups -OCH3 is 1. The molecule has 4 heteroatoms. The van der Waals surface area contributed by atoms with Gasteiger partial charge in [-0.15, -0.1) is 0 Å². The van der Waals surface area contributed by atoms with Crippen molar-refractivity contribution < 1.29 is 9.84 Å². The third kappa shape index (κ3) is 8.56. The Balaban J connectivity index is 3.17. The van der Waals surface area contributed by atoms with Crippen molar-refractivity contribution in [3.63, 3.8) is 0 Å². The van der Waals surface area contributed by atoms with Crippen molar-refractivity contribution in [3.05, 3.63) is 0 Å². The van der Waals surface area contributed by atoms with E-state index in [1.54, 1.807) is 7.11 Å². The number of nitrogens with one attached hydrogen (secondary N) is 1. The van der Waals surface area contributed by atoms with Crippen molar-refractivity contribution in [3.8, 4) is 0 Å². The highest BCUT2D eigenvalue weighted by molar-refractivity contribution is 7.98. The molecule has 1 unspecified atom stereocenters. The number of hydrogen-bond donors (Lipinski definition) is 2. The molecule has 0 bridgehead atoms. The Bertz CT molecular complexity index is 104. The first kappa shape index (κ1) is 13.2. The topological polar surface area (TPSA) is 41.5 Å².